The molecule has 0 aliphatic heterocycles. The topological polar surface area (TPSA) is 63.2 Å². The summed E-state index contributed by atoms with van der Waals surface area (Å²) in [6.07, 6.45) is 3.88. The number of nitrogens with one attached hydrogen (secondary N) is 1. The van der Waals surface area contributed by atoms with Gasteiger partial charge in [0.2, 0.25) is 0 Å². The Labute approximate surface area is 115 Å². The van der Waals surface area contributed by atoms with Crippen LogP contribution in [0.2, 0.25) is 0 Å². The minimum Gasteiger partial charge on any atom is -0.349 e. The Hall–Kier alpha value is -1.14. The van der Waals surface area contributed by atoms with Gasteiger partial charge in [-0.25, -0.2) is 12.8 Å². The van der Waals surface area contributed by atoms with Crippen molar-refractivity contribution in [3.63, 3.8) is 0 Å². The molecule has 2 rings (SSSR count). The van der Waals surface area contributed by atoms with Gasteiger partial charge in [0.25, 0.3) is 15.0 Å². The van der Waals surface area contributed by atoms with E-state index in [1.54, 1.807) is 0 Å². The summed E-state index contributed by atoms with van der Waals surface area (Å²) in [7, 11) is 1.09. The van der Waals surface area contributed by atoms with E-state index in [0.717, 1.165) is 43.9 Å². The van der Waals surface area contributed by atoms with Crippen LogP contribution in [0, 0.1) is 5.82 Å². The minimum atomic E-state index is -4.06. The fraction of sp³-hybridized carbons (Fsp3) is 0.417. The molecule has 104 valence electrons. The molecule has 0 heterocycles. The highest BCUT2D eigenvalue weighted by molar-refractivity contribution is 8.13. The summed E-state index contributed by atoms with van der Waals surface area (Å²) in [6, 6.07) is 2.94. The maximum atomic E-state index is 13.3. The van der Waals surface area contributed by atoms with Crippen LogP contribution in [0.1, 0.15) is 36.0 Å². The second-order valence-corrected chi connectivity index (χ2v) is 7.13. The standard InChI is InChI=1S/C12H13ClFNO3S/c13-19(17,18)11-6-8(5-9(14)7-11)12(16)15-10-3-1-2-4-10/h5-7,10H,1-4H2,(H,15,16). The molecule has 1 fully saturated rings. The van der Waals surface area contributed by atoms with Gasteiger partial charge in [0.1, 0.15) is 5.82 Å². The minimum absolute atomic E-state index is 0.0360. The van der Waals surface area contributed by atoms with E-state index < -0.39 is 25.7 Å². The molecule has 19 heavy (non-hydrogen) atoms. The van der Waals surface area contributed by atoms with Gasteiger partial charge in [-0.15, -0.1) is 0 Å². The molecule has 1 aliphatic carbocycles. The van der Waals surface area contributed by atoms with Crippen molar-refractivity contribution in [1.82, 2.24) is 5.32 Å². The Morgan fingerprint density at radius 2 is 1.89 bits per heavy atom. The molecular weight excluding hydrogens is 293 g/mol. The third-order valence-corrected chi connectivity index (χ3v) is 4.44. The van der Waals surface area contributed by atoms with Crippen molar-refractivity contribution in [2.24, 2.45) is 0 Å². The van der Waals surface area contributed by atoms with Crippen LogP contribution in [-0.4, -0.2) is 20.4 Å². The molecule has 0 spiro atoms. The van der Waals surface area contributed by atoms with Crippen molar-refractivity contribution in [3.05, 3.63) is 29.6 Å². The summed E-state index contributed by atoms with van der Waals surface area (Å²) in [5.74, 6) is -1.29. The third-order valence-electron chi connectivity index (χ3n) is 3.11. The van der Waals surface area contributed by atoms with Crippen LogP contribution in [0.4, 0.5) is 4.39 Å². The third kappa shape index (κ3) is 3.67. The smallest absolute Gasteiger partial charge is 0.261 e. The summed E-state index contributed by atoms with van der Waals surface area (Å²) < 4.78 is 35.7. The second-order valence-electron chi connectivity index (χ2n) is 4.57. The van der Waals surface area contributed by atoms with Gasteiger partial charge >= 0.3 is 0 Å². The Bertz CT molecular complexity index is 597. The first-order valence-corrected chi connectivity index (χ1v) is 8.23. The highest BCUT2D eigenvalue weighted by atomic mass is 35.7. The molecule has 1 amide bonds. The monoisotopic (exact) mass is 305 g/mol. The summed E-state index contributed by atoms with van der Waals surface area (Å²) in [6.45, 7) is 0. The molecule has 0 aromatic heterocycles. The number of benzene rings is 1. The second kappa shape index (κ2) is 5.46. The number of halogens is 2. The molecular formula is C12H13ClFNO3S. The maximum absolute atomic E-state index is 13.3. The van der Waals surface area contributed by atoms with E-state index in [9.17, 15) is 17.6 Å². The van der Waals surface area contributed by atoms with E-state index >= 15 is 0 Å². The molecule has 1 aromatic carbocycles. The van der Waals surface area contributed by atoms with Gasteiger partial charge in [-0.05, 0) is 31.0 Å². The zero-order valence-corrected chi connectivity index (χ0v) is 11.6. The van der Waals surface area contributed by atoms with Crippen LogP contribution in [0.5, 0.6) is 0 Å². The van der Waals surface area contributed by atoms with E-state index in [-0.39, 0.29) is 11.6 Å². The predicted molar refractivity (Wildman–Crippen MR) is 69.2 cm³/mol. The van der Waals surface area contributed by atoms with Gasteiger partial charge in [-0.2, -0.15) is 0 Å². The van der Waals surface area contributed by atoms with Crippen LogP contribution < -0.4 is 5.32 Å². The van der Waals surface area contributed by atoms with Gasteiger partial charge in [0.15, 0.2) is 0 Å². The fourth-order valence-electron chi connectivity index (χ4n) is 2.17. The van der Waals surface area contributed by atoms with Crippen LogP contribution >= 0.6 is 10.7 Å². The zero-order valence-electron chi connectivity index (χ0n) is 10.0. The molecule has 1 N–H and O–H groups in total. The molecule has 0 atom stereocenters. The van der Waals surface area contributed by atoms with Crippen molar-refractivity contribution < 1.29 is 17.6 Å². The number of hydrogen-bond acceptors (Lipinski definition) is 3. The Morgan fingerprint density at radius 1 is 1.26 bits per heavy atom. The number of carbonyl (C=O) groups is 1. The van der Waals surface area contributed by atoms with Crippen LogP contribution in [0.15, 0.2) is 23.1 Å². The molecule has 1 aromatic rings. The largest absolute Gasteiger partial charge is 0.349 e. The molecule has 0 unspecified atom stereocenters. The number of amides is 1. The molecule has 4 nitrogen and oxygen atoms in total. The number of carbonyl (C=O) groups excluding carboxylic acids is 1. The predicted octanol–water partition coefficient (Wildman–Crippen LogP) is 2.43. The molecule has 0 bridgehead atoms. The van der Waals surface area contributed by atoms with E-state index in [1.165, 1.54) is 0 Å². The van der Waals surface area contributed by atoms with Crippen LogP contribution in [0.25, 0.3) is 0 Å². The molecule has 7 heteroatoms. The lowest BCUT2D eigenvalue weighted by Gasteiger charge is -2.12. The lowest BCUT2D eigenvalue weighted by atomic mass is 10.2. The zero-order chi connectivity index (χ0) is 14.0. The first kappa shape index (κ1) is 14.3. The van der Waals surface area contributed by atoms with Crippen molar-refractivity contribution in [2.75, 3.05) is 0 Å². The quantitative estimate of drug-likeness (QED) is 0.872. The Balaban J connectivity index is 2.24. The maximum Gasteiger partial charge on any atom is 0.261 e. The lowest BCUT2D eigenvalue weighted by Crippen LogP contribution is -2.32. The van der Waals surface area contributed by atoms with Gasteiger partial charge < -0.3 is 5.32 Å². The van der Waals surface area contributed by atoms with Crippen molar-refractivity contribution in [1.29, 1.82) is 0 Å². The first-order valence-electron chi connectivity index (χ1n) is 5.92. The summed E-state index contributed by atoms with van der Waals surface area (Å²) in [5.41, 5.74) is -0.0360. The first-order chi connectivity index (χ1) is 8.86. The summed E-state index contributed by atoms with van der Waals surface area (Å²) in [5, 5.41) is 2.76. The molecule has 1 saturated carbocycles. The van der Waals surface area contributed by atoms with E-state index in [0.29, 0.717) is 0 Å². The molecule has 0 radical (unpaired) electrons. The number of hydrogen-bond donors (Lipinski definition) is 1. The lowest BCUT2D eigenvalue weighted by molar-refractivity contribution is 0.0937. The van der Waals surface area contributed by atoms with Gasteiger partial charge in [0, 0.05) is 22.3 Å². The van der Waals surface area contributed by atoms with Crippen LogP contribution in [-0.2, 0) is 9.05 Å². The normalized spacial score (nSPS) is 16.5. The van der Waals surface area contributed by atoms with E-state index in [1.807, 2.05) is 0 Å². The average molecular weight is 306 g/mol. The highest BCUT2D eigenvalue weighted by Crippen LogP contribution is 2.20. The van der Waals surface area contributed by atoms with Crippen molar-refractivity contribution >= 4 is 25.6 Å². The van der Waals surface area contributed by atoms with Gasteiger partial charge in [0.05, 0.1) is 4.90 Å². The van der Waals surface area contributed by atoms with Crippen LogP contribution in [0.3, 0.4) is 0 Å². The highest BCUT2D eigenvalue weighted by Gasteiger charge is 2.20. The SMILES string of the molecule is O=C(NC1CCCC1)c1cc(F)cc(S(=O)(=O)Cl)c1. The number of rotatable bonds is 3. The summed E-state index contributed by atoms with van der Waals surface area (Å²) >= 11 is 0. The van der Waals surface area contributed by atoms with E-state index in [2.05, 4.69) is 5.32 Å². The average Bonchev–Trinajstić information content (AvgIpc) is 2.79. The molecule has 1 aliphatic rings. The van der Waals surface area contributed by atoms with Crippen molar-refractivity contribution in [3.8, 4) is 0 Å². The van der Waals surface area contributed by atoms with E-state index in [4.69, 9.17) is 10.7 Å². The Morgan fingerprint density at radius 3 is 2.47 bits per heavy atom. The van der Waals surface area contributed by atoms with Gasteiger partial charge in [-0.1, -0.05) is 12.8 Å². The Kier molecular flexibility index (Phi) is 4.10. The fourth-order valence-corrected chi connectivity index (χ4v) is 2.96. The van der Waals surface area contributed by atoms with Gasteiger partial charge in [-0.3, -0.25) is 4.79 Å². The van der Waals surface area contributed by atoms with Crippen molar-refractivity contribution in [2.45, 2.75) is 36.6 Å². The molecule has 0 saturated heterocycles. The summed E-state index contributed by atoms with van der Waals surface area (Å²) in [4.78, 5) is 11.5.